The molecule has 0 radical (unpaired) electrons. The first-order chi connectivity index (χ1) is 12.6. The molecule has 26 heavy (non-hydrogen) atoms. The summed E-state index contributed by atoms with van der Waals surface area (Å²) in [5, 5.41) is 11.1. The van der Waals surface area contributed by atoms with Crippen LogP contribution < -0.4 is 0 Å². The number of halogens is 1. The third-order valence-corrected chi connectivity index (χ3v) is 18.7. The van der Waals surface area contributed by atoms with Gasteiger partial charge in [-0.1, -0.05) is 0 Å². The summed E-state index contributed by atoms with van der Waals surface area (Å²) in [6.45, 7) is 0. The average Bonchev–Trinajstić information content (AvgIpc) is 2.87. The normalized spacial score (nSPS) is 17.9. The summed E-state index contributed by atoms with van der Waals surface area (Å²) in [4.78, 5) is 0. The summed E-state index contributed by atoms with van der Waals surface area (Å²) >= 11 is 1.46. The van der Waals surface area contributed by atoms with Crippen LogP contribution in [0.4, 0.5) is 0 Å². The molecule has 0 bridgehead atoms. The van der Waals surface area contributed by atoms with Crippen LogP contribution in [-0.4, -0.2) is 26.9 Å². The first-order valence-electron chi connectivity index (χ1n) is 9.77. The van der Waals surface area contributed by atoms with E-state index < -0.39 is 21.8 Å². The van der Waals surface area contributed by atoms with E-state index in [2.05, 4.69) is 83.5 Å². The summed E-state index contributed by atoms with van der Waals surface area (Å²) in [6, 6.07) is 21.6. The van der Waals surface area contributed by atoms with Crippen LogP contribution in [0, 0.1) is 0 Å². The summed E-state index contributed by atoms with van der Waals surface area (Å²) in [5.41, 5.74) is 2.20. The van der Waals surface area contributed by atoms with E-state index >= 15 is 0 Å². The summed E-state index contributed by atoms with van der Waals surface area (Å²) < 4.78 is 4.65. The molecule has 0 atom stereocenters. The van der Waals surface area contributed by atoms with Crippen LogP contribution in [0.15, 0.2) is 70.8 Å². The van der Waals surface area contributed by atoms with Gasteiger partial charge in [-0.3, -0.25) is 0 Å². The van der Waals surface area contributed by atoms with E-state index in [-0.39, 0.29) is 0 Å². The average molecular weight is 520 g/mol. The molecule has 1 aliphatic carbocycles. The topological polar surface area (TPSA) is 20.2 Å². The second kappa shape index (κ2) is 9.56. The van der Waals surface area contributed by atoms with Gasteiger partial charge in [0.15, 0.2) is 0 Å². The maximum absolute atomic E-state index is 11.1. The standard InChI is InChI=1S/C9H15O.2C7H7.BrH.Sn/c1-2-9(10)7-5-3-4-6-8-9;2*1-7-5-3-2-4-6-7;;/h1-2,10H,3-8H2;2*2-6H,1H2;1H;/q;;;;+1/p-1. The van der Waals surface area contributed by atoms with E-state index in [1.807, 2.05) is 0 Å². The Morgan fingerprint density at radius 3 is 1.73 bits per heavy atom. The van der Waals surface area contributed by atoms with Gasteiger partial charge < -0.3 is 0 Å². The van der Waals surface area contributed by atoms with Crippen molar-refractivity contribution in [2.45, 2.75) is 53.0 Å². The van der Waals surface area contributed by atoms with Gasteiger partial charge in [-0.15, -0.1) is 0 Å². The molecular formula is C23H29BrOSn. The molecule has 0 amide bonds. The number of hydrogen-bond acceptors (Lipinski definition) is 1. The molecule has 1 N–H and O–H groups in total. The predicted octanol–water partition coefficient (Wildman–Crippen LogP) is 6.07. The Morgan fingerprint density at radius 2 is 1.27 bits per heavy atom. The van der Waals surface area contributed by atoms with Gasteiger partial charge in [-0.25, -0.2) is 0 Å². The Morgan fingerprint density at radius 1 is 0.808 bits per heavy atom. The van der Waals surface area contributed by atoms with Gasteiger partial charge in [0.1, 0.15) is 0 Å². The number of rotatable bonds is 6. The molecule has 2 aromatic carbocycles. The van der Waals surface area contributed by atoms with Crippen LogP contribution in [0.3, 0.4) is 0 Å². The van der Waals surface area contributed by atoms with Crippen LogP contribution in [0.5, 0.6) is 0 Å². The molecule has 0 saturated heterocycles. The molecule has 2 aromatic rings. The van der Waals surface area contributed by atoms with E-state index in [0.717, 1.165) is 34.6 Å². The van der Waals surface area contributed by atoms with Gasteiger partial charge >= 0.3 is 169 Å². The molecule has 1 saturated carbocycles. The van der Waals surface area contributed by atoms with Gasteiger partial charge in [0.2, 0.25) is 0 Å². The monoisotopic (exact) mass is 520 g/mol. The maximum atomic E-state index is 11.1. The van der Waals surface area contributed by atoms with Crippen LogP contribution in [0.25, 0.3) is 0 Å². The Hall–Kier alpha value is -0.581. The van der Waals surface area contributed by atoms with Crippen LogP contribution >= 0.6 is 12.7 Å². The second-order valence-corrected chi connectivity index (χ2v) is 27.2. The third-order valence-electron chi connectivity index (χ3n) is 5.34. The van der Waals surface area contributed by atoms with E-state index in [4.69, 9.17) is 0 Å². The number of hydrogen-bond donors (Lipinski definition) is 1. The molecule has 0 spiro atoms. The van der Waals surface area contributed by atoms with Gasteiger partial charge in [0, 0.05) is 0 Å². The van der Waals surface area contributed by atoms with Crippen molar-refractivity contribution in [3.63, 3.8) is 0 Å². The van der Waals surface area contributed by atoms with Crippen molar-refractivity contribution < 1.29 is 5.11 Å². The van der Waals surface area contributed by atoms with Gasteiger partial charge in [-0.2, -0.15) is 0 Å². The summed E-state index contributed by atoms with van der Waals surface area (Å²) in [7, 11) is 0. The zero-order chi connectivity index (χ0) is 18.3. The molecule has 1 aliphatic rings. The molecule has 138 valence electrons. The van der Waals surface area contributed by atoms with Crippen molar-refractivity contribution in [1.29, 1.82) is 0 Å². The van der Waals surface area contributed by atoms with Crippen molar-refractivity contribution in [2.24, 2.45) is 0 Å². The first-order valence-corrected chi connectivity index (χ1v) is 21.8. The Labute approximate surface area is 168 Å². The van der Waals surface area contributed by atoms with Crippen molar-refractivity contribution in [1.82, 2.24) is 0 Å². The van der Waals surface area contributed by atoms with E-state index in [1.165, 1.54) is 24.0 Å². The zero-order valence-electron chi connectivity index (χ0n) is 15.4. The molecule has 0 unspecified atom stereocenters. The predicted molar refractivity (Wildman–Crippen MR) is 117 cm³/mol. The second-order valence-electron chi connectivity index (χ2n) is 7.71. The Bertz CT molecular complexity index is 649. The van der Waals surface area contributed by atoms with Crippen LogP contribution in [0.2, 0.25) is 0 Å². The van der Waals surface area contributed by atoms with Gasteiger partial charge in [0.05, 0.1) is 0 Å². The molecule has 1 nitrogen and oxygen atoms in total. The fourth-order valence-corrected chi connectivity index (χ4v) is 17.1. The van der Waals surface area contributed by atoms with E-state index in [0.29, 0.717) is 0 Å². The van der Waals surface area contributed by atoms with Crippen LogP contribution in [-0.2, 0) is 8.87 Å². The third kappa shape index (κ3) is 6.24. The van der Waals surface area contributed by atoms with Gasteiger partial charge in [0.25, 0.3) is 0 Å². The zero-order valence-corrected chi connectivity index (χ0v) is 19.9. The van der Waals surface area contributed by atoms with Crippen molar-refractivity contribution in [3.05, 3.63) is 82.0 Å². The van der Waals surface area contributed by atoms with E-state index in [9.17, 15) is 5.11 Å². The summed E-state index contributed by atoms with van der Waals surface area (Å²) in [6.07, 6.45) is 8.80. The Balaban J connectivity index is 1.82. The fraction of sp³-hybridized carbons (Fsp3) is 0.391. The van der Waals surface area contributed by atoms with Crippen LogP contribution in [0.1, 0.15) is 49.7 Å². The quantitative estimate of drug-likeness (QED) is 0.363. The molecule has 3 heteroatoms. The SMILES string of the molecule is OC1(C=[CH][Sn]([Br])([CH2]c2ccccc2)[CH2]c2ccccc2)CCCCCC1. The van der Waals surface area contributed by atoms with E-state index in [1.54, 1.807) is 0 Å². The fourth-order valence-electron chi connectivity index (χ4n) is 3.86. The minimum absolute atomic E-state index is 0.597. The number of aliphatic hydroxyl groups is 1. The summed E-state index contributed by atoms with van der Waals surface area (Å²) in [5.74, 6) is 0. The molecule has 0 aromatic heterocycles. The first kappa shape index (κ1) is 20.2. The molecule has 1 fully saturated rings. The molecule has 0 heterocycles. The van der Waals surface area contributed by atoms with Crippen molar-refractivity contribution >= 4 is 28.9 Å². The molecule has 0 aliphatic heterocycles. The van der Waals surface area contributed by atoms with Crippen molar-refractivity contribution in [2.75, 3.05) is 0 Å². The minimum atomic E-state index is -2.78. The molecule has 3 rings (SSSR count). The Kier molecular flexibility index (Phi) is 7.42. The van der Waals surface area contributed by atoms with Gasteiger partial charge in [-0.05, 0) is 0 Å². The molecular weight excluding hydrogens is 491 g/mol. The number of benzene rings is 2. The van der Waals surface area contributed by atoms with Crippen molar-refractivity contribution in [3.8, 4) is 0 Å².